The van der Waals surface area contributed by atoms with Gasteiger partial charge in [0.15, 0.2) is 0 Å². The van der Waals surface area contributed by atoms with Crippen molar-refractivity contribution in [1.82, 2.24) is 5.43 Å². The van der Waals surface area contributed by atoms with Crippen LogP contribution in [0.25, 0.3) is 0 Å². The number of hydrogen-bond acceptors (Lipinski definition) is 4. The Morgan fingerprint density at radius 1 is 0.903 bits per heavy atom. The van der Waals surface area contributed by atoms with E-state index in [1.54, 1.807) is 19.1 Å². The summed E-state index contributed by atoms with van der Waals surface area (Å²) in [6, 6.07) is 21.9. The molecule has 7 heteroatoms. The van der Waals surface area contributed by atoms with Crippen molar-refractivity contribution in [2.45, 2.75) is 20.5 Å². The van der Waals surface area contributed by atoms with Crippen LogP contribution in [0, 0.1) is 6.92 Å². The molecule has 0 radical (unpaired) electrons. The van der Waals surface area contributed by atoms with Gasteiger partial charge in [-0.15, -0.1) is 0 Å². The van der Waals surface area contributed by atoms with E-state index in [1.807, 2.05) is 67.6 Å². The number of hydrogen-bond donors (Lipinski definition) is 2. The third kappa shape index (κ3) is 6.69. The topological polar surface area (TPSA) is 79.8 Å². The zero-order chi connectivity index (χ0) is 22.2. The first-order valence-electron chi connectivity index (χ1n) is 9.60. The van der Waals surface area contributed by atoms with Crippen molar-refractivity contribution >= 4 is 34.8 Å². The highest BCUT2D eigenvalue weighted by Crippen LogP contribution is 2.16. The number of carbonyl (C=O) groups is 2. The van der Waals surface area contributed by atoms with Crippen molar-refractivity contribution in [1.29, 1.82) is 0 Å². The molecule has 0 aliphatic heterocycles. The summed E-state index contributed by atoms with van der Waals surface area (Å²) >= 11 is 5.88. The molecule has 31 heavy (non-hydrogen) atoms. The van der Waals surface area contributed by atoms with Gasteiger partial charge < -0.3 is 10.1 Å². The Morgan fingerprint density at radius 3 is 2.19 bits per heavy atom. The fourth-order valence-electron chi connectivity index (χ4n) is 2.61. The lowest BCUT2D eigenvalue weighted by molar-refractivity contribution is -0.136. The van der Waals surface area contributed by atoms with Crippen LogP contribution in [0.4, 0.5) is 5.69 Å². The SMILES string of the molecule is CC(=NNC(=O)C(=O)Nc1ccc(C)cc1)c1ccc(OCc2ccc(Cl)cc2)cc1. The number of halogens is 1. The third-order valence-electron chi connectivity index (χ3n) is 4.43. The number of rotatable bonds is 6. The third-order valence-corrected chi connectivity index (χ3v) is 4.68. The summed E-state index contributed by atoms with van der Waals surface area (Å²) in [5.74, 6) is -0.929. The maximum atomic E-state index is 12.0. The van der Waals surface area contributed by atoms with E-state index in [0.29, 0.717) is 28.8 Å². The lowest BCUT2D eigenvalue weighted by Gasteiger charge is -2.08. The molecule has 0 atom stereocenters. The van der Waals surface area contributed by atoms with E-state index in [4.69, 9.17) is 16.3 Å². The molecule has 3 rings (SSSR count). The molecule has 3 aromatic rings. The van der Waals surface area contributed by atoms with Gasteiger partial charge in [0.2, 0.25) is 0 Å². The fraction of sp³-hybridized carbons (Fsp3) is 0.125. The van der Waals surface area contributed by atoms with Crippen LogP contribution < -0.4 is 15.5 Å². The van der Waals surface area contributed by atoms with Gasteiger partial charge in [0.1, 0.15) is 12.4 Å². The summed E-state index contributed by atoms with van der Waals surface area (Å²) in [5, 5.41) is 7.21. The molecule has 6 nitrogen and oxygen atoms in total. The number of ether oxygens (including phenoxy) is 1. The zero-order valence-electron chi connectivity index (χ0n) is 17.2. The van der Waals surface area contributed by atoms with Gasteiger partial charge in [-0.1, -0.05) is 41.4 Å². The van der Waals surface area contributed by atoms with E-state index < -0.39 is 11.8 Å². The van der Waals surface area contributed by atoms with E-state index >= 15 is 0 Å². The fourth-order valence-corrected chi connectivity index (χ4v) is 2.74. The van der Waals surface area contributed by atoms with Crippen molar-refractivity contribution < 1.29 is 14.3 Å². The molecule has 0 spiro atoms. The van der Waals surface area contributed by atoms with Gasteiger partial charge in [0.25, 0.3) is 0 Å². The summed E-state index contributed by atoms with van der Waals surface area (Å²) in [6.07, 6.45) is 0. The van der Waals surface area contributed by atoms with E-state index in [-0.39, 0.29) is 0 Å². The Hall–Kier alpha value is -3.64. The van der Waals surface area contributed by atoms with Gasteiger partial charge in [-0.05, 0) is 73.5 Å². The largest absolute Gasteiger partial charge is 0.489 e. The molecule has 0 aliphatic rings. The average molecular weight is 436 g/mol. The van der Waals surface area contributed by atoms with E-state index in [9.17, 15) is 9.59 Å². The van der Waals surface area contributed by atoms with Crippen LogP contribution in [0.3, 0.4) is 0 Å². The standard InChI is InChI=1S/C24H22ClN3O3/c1-16-3-11-21(12-4-16)26-23(29)24(30)28-27-17(2)19-7-13-22(14-8-19)31-15-18-5-9-20(25)10-6-18/h3-14H,15H2,1-2H3,(H,26,29)(H,28,30). The molecule has 158 valence electrons. The molecule has 0 heterocycles. The maximum absolute atomic E-state index is 12.0. The van der Waals surface area contributed by atoms with Gasteiger partial charge >= 0.3 is 11.8 Å². The summed E-state index contributed by atoms with van der Waals surface area (Å²) in [4.78, 5) is 24.0. The number of anilines is 1. The predicted octanol–water partition coefficient (Wildman–Crippen LogP) is 4.71. The number of hydrazone groups is 1. The number of nitrogens with one attached hydrogen (secondary N) is 2. The monoisotopic (exact) mass is 435 g/mol. The van der Waals surface area contributed by atoms with Crippen molar-refractivity contribution in [3.8, 4) is 5.75 Å². The summed E-state index contributed by atoms with van der Waals surface area (Å²) in [6.45, 7) is 4.10. The first-order valence-corrected chi connectivity index (χ1v) is 9.98. The molecule has 0 saturated carbocycles. The maximum Gasteiger partial charge on any atom is 0.329 e. The Bertz CT molecular complexity index is 1080. The predicted molar refractivity (Wildman–Crippen MR) is 122 cm³/mol. The minimum Gasteiger partial charge on any atom is -0.489 e. The Kier molecular flexibility index (Phi) is 7.40. The minimum atomic E-state index is -0.845. The number of carbonyl (C=O) groups excluding carboxylic acids is 2. The van der Waals surface area contributed by atoms with Gasteiger partial charge in [0, 0.05) is 10.7 Å². The van der Waals surface area contributed by atoms with Crippen molar-refractivity contribution in [2.24, 2.45) is 5.10 Å². The lowest BCUT2D eigenvalue weighted by Crippen LogP contribution is -2.32. The molecule has 2 amide bonds. The highest BCUT2D eigenvalue weighted by Gasteiger charge is 2.13. The molecule has 0 bridgehead atoms. The molecule has 0 fully saturated rings. The van der Waals surface area contributed by atoms with Crippen molar-refractivity contribution in [3.63, 3.8) is 0 Å². The molecule has 2 N–H and O–H groups in total. The molecular formula is C24H22ClN3O3. The summed E-state index contributed by atoms with van der Waals surface area (Å²) in [5.41, 5.74) is 6.23. The van der Waals surface area contributed by atoms with E-state index in [0.717, 1.165) is 16.7 Å². The minimum absolute atomic E-state index is 0.426. The first kappa shape index (κ1) is 22.1. The second kappa shape index (κ2) is 10.4. The van der Waals surface area contributed by atoms with Crippen LogP contribution in [0.15, 0.2) is 77.9 Å². The molecule has 0 aliphatic carbocycles. The van der Waals surface area contributed by atoms with Gasteiger partial charge in [-0.3, -0.25) is 9.59 Å². The highest BCUT2D eigenvalue weighted by molar-refractivity contribution is 6.39. The molecular weight excluding hydrogens is 414 g/mol. The molecule has 0 saturated heterocycles. The summed E-state index contributed by atoms with van der Waals surface area (Å²) < 4.78 is 5.75. The van der Waals surface area contributed by atoms with Crippen LogP contribution in [-0.4, -0.2) is 17.5 Å². The first-order chi connectivity index (χ1) is 14.9. The molecule has 0 unspecified atom stereocenters. The number of benzene rings is 3. The quantitative estimate of drug-likeness (QED) is 0.334. The van der Waals surface area contributed by atoms with Crippen LogP contribution in [0.1, 0.15) is 23.6 Å². The second-order valence-electron chi connectivity index (χ2n) is 6.90. The average Bonchev–Trinajstić information content (AvgIpc) is 2.78. The Labute approximate surface area is 185 Å². The van der Waals surface area contributed by atoms with Crippen LogP contribution >= 0.6 is 11.6 Å². The Morgan fingerprint density at radius 2 is 1.55 bits per heavy atom. The van der Waals surface area contributed by atoms with Crippen molar-refractivity contribution in [3.05, 3.63) is 94.5 Å². The summed E-state index contributed by atoms with van der Waals surface area (Å²) in [7, 11) is 0. The lowest BCUT2D eigenvalue weighted by atomic mass is 10.1. The number of amides is 2. The Balaban J connectivity index is 1.52. The number of nitrogens with zero attached hydrogens (tertiary/aromatic N) is 1. The van der Waals surface area contributed by atoms with Crippen molar-refractivity contribution in [2.75, 3.05) is 5.32 Å². The van der Waals surface area contributed by atoms with Crippen LogP contribution in [0.2, 0.25) is 5.02 Å². The smallest absolute Gasteiger partial charge is 0.329 e. The van der Waals surface area contributed by atoms with Crippen LogP contribution in [-0.2, 0) is 16.2 Å². The zero-order valence-corrected chi connectivity index (χ0v) is 17.9. The van der Waals surface area contributed by atoms with Gasteiger partial charge in [0.05, 0.1) is 5.71 Å². The molecule has 3 aromatic carbocycles. The normalized spacial score (nSPS) is 11.0. The van der Waals surface area contributed by atoms with E-state index in [1.165, 1.54) is 0 Å². The number of aryl methyl sites for hydroxylation is 1. The highest BCUT2D eigenvalue weighted by atomic mass is 35.5. The van der Waals surface area contributed by atoms with Gasteiger partial charge in [-0.25, -0.2) is 5.43 Å². The molecule has 0 aromatic heterocycles. The van der Waals surface area contributed by atoms with E-state index in [2.05, 4.69) is 15.8 Å². The second-order valence-corrected chi connectivity index (χ2v) is 7.33. The van der Waals surface area contributed by atoms with Gasteiger partial charge in [-0.2, -0.15) is 5.10 Å². The van der Waals surface area contributed by atoms with Crippen LogP contribution in [0.5, 0.6) is 5.75 Å².